The Morgan fingerprint density at radius 1 is 1.62 bits per heavy atom. The molecule has 0 fully saturated rings. The normalized spacial score (nSPS) is 9.62. The third kappa shape index (κ3) is 3.29. The highest BCUT2D eigenvalue weighted by atomic mass is 32.2. The summed E-state index contributed by atoms with van der Waals surface area (Å²) in [5, 5.41) is 8.05. The number of esters is 1. The van der Waals surface area contributed by atoms with Crippen LogP contribution in [-0.2, 0) is 9.53 Å². The topological polar surface area (TPSA) is 78.1 Å². The largest absolute Gasteiger partial charge is 0.468 e. The van der Waals surface area contributed by atoms with Crippen LogP contribution in [-0.4, -0.2) is 29.0 Å². The third-order valence-corrected chi connectivity index (χ3v) is 2.12. The number of nitrogens with two attached hydrogens (primary N) is 1. The van der Waals surface area contributed by atoms with Crippen LogP contribution < -0.4 is 5.73 Å². The number of rotatable bonds is 3. The molecule has 0 unspecified atom stereocenters. The zero-order valence-electron chi connectivity index (χ0n) is 7.06. The fourth-order valence-corrected chi connectivity index (χ4v) is 1.25. The zero-order chi connectivity index (χ0) is 9.68. The summed E-state index contributed by atoms with van der Waals surface area (Å²) in [5.41, 5.74) is 5.33. The summed E-state index contributed by atoms with van der Waals surface area (Å²) in [6, 6.07) is 3.34. The van der Waals surface area contributed by atoms with E-state index in [1.165, 1.54) is 18.9 Å². The van der Waals surface area contributed by atoms with E-state index >= 15 is 0 Å². The minimum absolute atomic E-state index is 0.231. The van der Waals surface area contributed by atoms with Gasteiger partial charge in [0, 0.05) is 0 Å². The van der Waals surface area contributed by atoms with Crippen molar-refractivity contribution in [2.45, 2.75) is 5.03 Å². The highest BCUT2D eigenvalue weighted by molar-refractivity contribution is 7.99. The van der Waals surface area contributed by atoms with Gasteiger partial charge in [-0.3, -0.25) is 4.79 Å². The van der Waals surface area contributed by atoms with E-state index in [-0.39, 0.29) is 11.7 Å². The van der Waals surface area contributed by atoms with Crippen LogP contribution in [0.2, 0.25) is 0 Å². The predicted octanol–water partition coefficient (Wildman–Crippen LogP) is 0.324. The van der Waals surface area contributed by atoms with Crippen molar-refractivity contribution in [1.82, 2.24) is 10.2 Å². The number of nitrogens with zero attached hydrogens (tertiary/aromatic N) is 2. The lowest BCUT2D eigenvalue weighted by atomic mass is 10.5. The number of thioether (sulfide) groups is 1. The minimum Gasteiger partial charge on any atom is -0.468 e. The lowest BCUT2D eigenvalue weighted by molar-refractivity contribution is -0.137. The Morgan fingerprint density at radius 2 is 2.38 bits per heavy atom. The van der Waals surface area contributed by atoms with Crippen molar-refractivity contribution in [2.75, 3.05) is 18.6 Å². The lowest BCUT2D eigenvalue weighted by Gasteiger charge is -1.98. The predicted molar refractivity (Wildman–Crippen MR) is 49.2 cm³/mol. The molecule has 0 aliphatic carbocycles. The molecule has 2 N–H and O–H groups in total. The standard InChI is InChI=1S/C7H9N3O2S/c1-12-7(11)4-13-6-3-2-5(8)9-10-6/h2-3H,4H2,1H3,(H2,8,9). The number of aromatic nitrogens is 2. The molecule has 1 aromatic heterocycles. The van der Waals surface area contributed by atoms with Crippen LogP contribution in [0.25, 0.3) is 0 Å². The van der Waals surface area contributed by atoms with E-state index in [0.29, 0.717) is 10.8 Å². The fourth-order valence-electron chi connectivity index (χ4n) is 0.599. The van der Waals surface area contributed by atoms with Gasteiger partial charge < -0.3 is 10.5 Å². The Labute approximate surface area is 79.7 Å². The summed E-state index contributed by atoms with van der Waals surface area (Å²) >= 11 is 1.26. The second-order valence-corrected chi connectivity index (χ2v) is 3.16. The summed E-state index contributed by atoms with van der Waals surface area (Å²) in [5.74, 6) is 0.306. The van der Waals surface area contributed by atoms with Gasteiger partial charge in [0.15, 0.2) is 0 Å². The van der Waals surface area contributed by atoms with E-state index in [1.807, 2.05) is 0 Å². The number of hydrogen-bond donors (Lipinski definition) is 1. The van der Waals surface area contributed by atoms with Gasteiger partial charge in [0.05, 0.1) is 12.9 Å². The van der Waals surface area contributed by atoms with E-state index < -0.39 is 0 Å². The SMILES string of the molecule is COC(=O)CSc1ccc(N)nn1. The molecule has 0 aromatic carbocycles. The quantitative estimate of drug-likeness (QED) is 0.558. The maximum Gasteiger partial charge on any atom is 0.316 e. The number of anilines is 1. The molecule has 5 nitrogen and oxygen atoms in total. The molecule has 0 aliphatic heterocycles. The number of hydrogen-bond acceptors (Lipinski definition) is 6. The fraction of sp³-hybridized carbons (Fsp3) is 0.286. The molecule has 1 heterocycles. The van der Waals surface area contributed by atoms with Crippen molar-refractivity contribution in [1.29, 1.82) is 0 Å². The molecule has 6 heteroatoms. The van der Waals surface area contributed by atoms with E-state index in [1.54, 1.807) is 12.1 Å². The minimum atomic E-state index is -0.288. The molecule has 0 radical (unpaired) electrons. The molecule has 0 saturated heterocycles. The molecule has 0 amide bonds. The Balaban J connectivity index is 2.46. The van der Waals surface area contributed by atoms with Crippen molar-refractivity contribution < 1.29 is 9.53 Å². The van der Waals surface area contributed by atoms with Gasteiger partial charge in [-0.25, -0.2) is 0 Å². The van der Waals surface area contributed by atoms with Gasteiger partial charge in [-0.15, -0.1) is 10.2 Å². The Bertz CT molecular complexity index is 288. The smallest absolute Gasteiger partial charge is 0.316 e. The number of nitrogen functional groups attached to an aromatic ring is 1. The average Bonchev–Trinajstić information content (AvgIpc) is 2.16. The van der Waals surface area contributed by atoms with Crippen molar-refractivity contribution in [3.05, 3.63) is 12.1 Å². The van der Waals surface area contributed by atoms with Gasteiger partial charge in [0.2, 0.25) is 0 Å². The zero-order valence-corrected chi connectivity index (χ0v) is 7.87. The van der Waals surface area contributed by atoms with E-state index in [9.17, 15) is 4.79 Å². The first-order valence-electron chi connectivity index (χ1n) is 3.51. The molecule has 0 saturated carbocycles. The van der Waals surface area contributed by atoms with Crippen molar-refractivity contribution >= 4 is 23.5 Å². The van der Waals surface area contributed by atoms with Crippen molar-refractivity contribution in [2.24, 2.45) is 0 Å². The molecule has 1 rings (SSSR count). The Hall–Kier alpha value is -1.30. The number of methoxy groups -OCH3 is 1. The van der Waals surface area contributed by atoms with Crippen LogP contribution in [0.4, 0.5) is 5.82 Å². The lowest BCUT2D eigenvalue weighted by Crippen LogP contribution is -2.03. The first-order chi connectivity index (χ1) is 6.22. The molecule has 0 bridgehead atoms. The first-order valence-corrected chi connectivity index (χ1v) is 4.50. The molecule has 0 atom stereocenters. The molecule has 13 heavy (non-hydrogen) atoms. The van der Waals surface area contributed by atoms with Crippen LogP contribution >= 0.6 is 11.8 Å². The Kier molecular flexibility index (Phi) is 3.51. The van der Waals surface area contributed by atoms with Gasteiger partial charge >= 0.3 is 5.97 Å². The van der Waals surface area contributed by atoms with Crippen molar-refractivity contribution in [3.63, 3.8) is 0 Å². The van der Waals surface area contributed by atoms with E-state index in [2.05, 4.69) is 14.9 Å². The highest BCUT2D eigenvalue weighted by Gasteiger charge is 2.02. The summed E-state index contributed by atoms with van der Waals surface area (Å²) in [6.07, 6.45) is 0. The second-order valence-electron chi connectivity index (χ2n) is 2.16. The van der Waals surface area contributed by atoms with Crippen LogP contribution in [0.5, 0.6) is 0 Å². The molecule has 0 spiro atoms. The van der Waals surface area contributed by atoms with E-state index in [4.69, 9.17) is 5.73 Å². The Morgan fingerprint density at radius 3 is 2.92 bits per heavy atom. The van der Waals surface area contributed by atoms with Gasteiger partial charge in [-0.2, -0.15) is 0 Å². The molecule has 70 valence electrons. The number of carbonyl (C=O) groups excluding carboxylic acids is 1. The van der Waals surface area contributed by atoms with Gasteiger partial charge in [0.1, 0.15) is 10.8 Å². The second kappa shape index (κ2) is 4.66. The maximum absolute atomic E-state index is 10.7. The molecular formula is C7H9N3O2S. The molecule has 1 aromatic rings. The molecular weight excluding hydrogens is 190 g/mol. The maximum atomic E-state index is 10.7. The summed E-state index contributed by atoms with van der Waals surface area (Å²) in [4.78, 5) is 10.7. The van der Waals surface area contributed by atoms with E-state index in [0.717, 1.165) is 0 Å². The van der Waals surface area contributed by atoms with Gasteiger partial charge in [0.25, 0.3) is 0 Å². The number of ether oxygens (including phenoxy) is 1. The van der Waals surface area contributed by atoms with Crippen LogP contribution in [0.1, 0.15) is 0 Å². The van der Waals surface area contributed by atoms with Crippen LogP contribution in [0.15, 0.2) is 17.2 Å². The third-order valence-electron chi connectivity index (χ3n) is 1.23. The monoisotopic (exact) mass is 199 g/mol. The highest BCUT2D eigenvalue weighted by Crippen LogP contribution is 2.14. The number of carbonyl (C=O) groups is 1. The summed E-state index contributed by atoms with van der Waals surface area (Å²) in [6.45, 7) is 0. The molecule has 0 aliphatic rings. The van der Waals surface area contributed by atoms with Gasteiger partial charge in [-0.1, -0.05) is 11.8 Å². The van der Waals surface area contributed by atoms with Crippen LogP contribution in [0, 0.1) is 0 Å². The van der Waals surface area contributed by atoms with Crippen LogP contribution in [0.3, 0.4) is 0 Å². The average molecular weight is 199 g/mol. The van der Waals surface area contributed by atoms with Gasteiger partial charge in [-0.05, 0) is 12.1 Å². The summed E-state index contributed by atoms with van der Waals surface area (Å²) in [7, 11) is 1.34. The first kappa shape index (κ1) is 9.79. The summed E-state index contributed by atoms with van der Waals surface area (Å²) < 4.78 is 4.46. The van der Waals surface area contributed by atoms with Crippen molar-refractivity contribution in [3.8, 4) is 0 Å².